The fourth-order valence-electron chi connectivity index (χ4n) is 2.98. The van der Waals surface area contributed by atoms with E-state index in [-0.39, 0.29) is 6.42 Å². The van der Waals surface area contributed by atoms with Crippen LogP contribution in [0, 0.1) is 0 Å². The second-order valence-corrected chi connectivity index (χ2v) is 10.5. The number of sulfone groups is 1. The van der Waals surface area contributed by atoms with Crippen molar-refractivity contribution in [2.75, 3.05) is 11.5 Å². The molecule has 1 rings (SSSR count). The molecule has 0 aromatic rings. The molecule has 0 aliphatic carbocycles. The first-order valence-electron chi connectivity index (χ1n) is 9.02. The van der Waals surface area contributed by atoms with Crippen molar-refractivity contribution in [1.82, 2.24) is 0 Å². The summed E-state index contributed by atoms with van der Waals surface area (Å²) in [5.41, 5.74) is 0. The second-order valence-electron chi connectivity index (χ2n) is 6.74. The van der Waals surface area contributed by atoms with Gasteiger partial charge in [-0.2, -0.15) is 8.42 Å². The normalized spacial score (nSPS) is 22.8. The Balaban J connectivity index is 2.23. The molecule has 0 amide bonds. The molecule has 9 heteroatoms. The monoisotopic (exact) mass is 398 g/mol. The molecular formula is C16H30O7S2. The first-order chi connectivity index (χ1) is 11.7. The van der Waals surface area contributed by atoms with Gasteiger partial charge < -0.3 is 4.74 Å². The van der Waals surface area contributed by atoms with Crippen LogP contribution in [0.2, 0.25) is 0 Å². The molecule has 0 saturated carbocycles. The number of esters is 1. The number of hydrogen-bond donors (Lipinski definition) is 1. The van der Waals surface area contributed by atoms with Crippen molar-refractivity contribution in [3.63, 3.8) is 0 Å². The molecule has 0 radical (unpaired) electrons. The number of carbonyl (C=O) groups is 1. The van der Waals surface area contributed by atoms with Crippen molar-refractivity contribution < 1.29 is 30.9 Å². The molecule has 2 unspecified atom stereocenters. The molecule has 0 spiro atoms. The Morgan fingerprint density at radius 1 is 1.00 bits per heavy atom. The summed E-state index contributed by atoms with van der Waals surface area (Å²) in [5.74, 6) is -1.87. The van der Waals surface area contributed by atoms with Crippen LogP contribution < -0.4 is 0 Å². The molecular weight excluding hydrogens is 368 g/mol. The molecule has 7 nitrogen and oxygen atoms in total. The van der Waals surface area contributed by atoms with Crippen molar-refractivity contribution in [1.29, 1.82) is 0 Å². The minimum absolute atomic E-state index is 0.130. The average Bonchev–Trinajstić information content (AvgIpc) is 2.80. The first kappa shape index (κ1) is 22.4. The lowest BCUT2D eigenvalue weighted by atomic mass is 10.1. The standard InChI is InChI=1S/C16H30O7S2/c1-2-3-4-5-6-7-8-9-10-11-16(17)23-14-12-24(18,19)13-15(14)25(20,21)22/h14-15H,2-13H2,1H3,(H,20,21,22). The van der Waals surface area contributed by atoms with E-state index in [2.05, 4.69) is 6.92 Å². The van der Waals surface area contributed by atoms with Crippen molar-refractivity contribution in [3.8, 4) is 0 Å². The Labute approximate surface area is 151 Å². The van der Waals surface area contributed by atoms with E-state index in [0.717, 1.165) is 19.3 Å². The molecule has 1 heterocycles. The van der Waals surface area contributed by atoms with Crippen molar-refractivity contribution in [2.45, 2.75) is 82.5 Å². The fraction of sp³-hybridized carbons (Fsp3) is 0.938. The van der Waals surface area contributed by atoms with Gasteiger partial charge in [0.2, 0.25) is 0 Å². The van der Waals surface area contributed by atoms with Crippen molar-refractivity contribution >= 4 is 25.9 Å². The molecule has 148 valence electrons. The SMILES string of the molecule is CCCCCCCCCCCC(=O)OC1CS(=O)(=O)CC1S(=O)(=O)O. The maximum Gasteiger partial charge on any atom is 0.306 e. The summed E-state index contributed by atoms with van der Waals surface area (Å²) in [6.45, 7) is 2.18. The quantitative estimate of drug-likeness (QED) is 0.305. The Kier molecular flexibility index (Phi) is 9.37. The lowest BCUT2D eigenvalue weighted by Gasteiger charge is -2.16. The zero-order chi connectivity index (χ0) is 18.9. The Hall–Kier alpha value is -0.670. The van der Waals surface area contributed by atoms with E-state index in [9.17, 15) is 21.6 Å². The van der Waals surface area contributed by atoms with Gasteiger partial charge in [-0.1, -0.05) is 58.3 Å². The summed E-state index contributed by atoms with van der Waals surface area (Å²) in [6, 6.07) is 0. The second kappa shape index (κ2) is 10.5. The number of carbonyl (C=O) groups excluding carboxylic acids is 1. The molecule has 1 aliphatic heterocycles. The van der Waals surface area contributed by atoms with Crippen LogP contribution in [0.15, 0.2) is 0 Å². The highest BCUT2D eigenvalue weighted by atomic mass is 32.2. The van der Waals surface area contributed by atoms with Crippen LogP contribution in [0.4, 0.5) is 0 Å². The van der Waals surface area contributed by atoms with E-state index in [0.29, 0.717) is 6.42 Å². The first-order valence-corrected chi connectivity index (χ1v) is 12.3. The van der Waals surface area contributed by atoms with E-state index in [4.69, 9.17) is 9.29 Å². The van der Waals surface area contributed by atoms with Crippen LogP contribution in [-0.2, 0) is 29.5 Å². The summed E-state index contributed by atoms with van der Waals surface area (Å²) in [4.78, 5) is 11.8. The minimum atomic E-state index is -4.57. The van der Waals surface area contributed by atoms with Gasteiger partial charge in [0.05, 0.1) is 11.5 Å². The highest BCUT2D eigenvalue weighted by Gasteiger charge is 2.47. The summed E-state index contributed by atoms with van der Waals surface area (Å²) in [7, 11) is -8.20. The number of ether oxygens (including phenoxy) is 1. The Morgan fingerprint density at radius 3 is 2.04 bits per heavy atom. The van der Waals surface area contributed by atoms with E-state index in [1.165, 1.54) is 32.1 Å². The Morgan fingerprint density at radius 2 is 1.52 bits per heavy atom. The highest BCUT2D eigenvalue weighted by molar-refractivity contribution is 7.94. The molecule has 1 saturated heterocycles. The lowest BCUT2D eigenvalue weighted by Crippen LogP contribution is -2.36. The lowest BCUT2D eigenvalue weighted by molar-refractivity contribution is -0.147. The predicted molar refractivity (Wildman–Crippen MR) is 95.7 cm³/mol. The van der Waals surface area contributed by atoms with Crippen molar-refractivity contribution in [2.24, 2.45) is 0 Å². The molecule has 25 heavy (non-hydrogen) atoms. The molecule has 1 fully saturated rings. The van der Waals surface area contributed by atoms with Crippen LogP contribution in [0.25, 0.3) is 0 Å². The third-order valence-corrected chi connectivity index (χ3v) is 7.55. The zero-order valence-electron chi connectivity index (χ0n) is 14.9. The summed E-state index contributed by atoms with van der Waals surface area (Å²) < 4.78 is 59.7. The van der Waals surface area contributed by atoms with Crippen molar-refractivity contribution in [3.05, 3.63) is 0 Å². The van der Waals surface area contributed by atoms with Gasteiger partial charge in [-0.05, 0) is 6.42 Å². The molecule has 2 atom stereocenters. The van der Waals surface area contributed by atoms with Crippen LogP contribution in [0.3, 0.4) is 0 Å². The number of hydrogen-bond acceptors (Lipinski definition) is 6. The zero-order valence-corrected chi connectivity index (χ0v) is 16.5. The van der Waals surface area contributed by atoms with Gasteiger partial charge in [-0.15, -0.1) is 0 Å². The molecule has 1 aliphatic rings. The number of rotatable bonds is 12. The average molecular weight is 399 g/mol. The minimum Gasteiger partial charge on any atom is -0.460 e. The summed E-state index contributed by atoms with van der Waals surface area (Å²) in [5, 5.41) is -1.58. The van der Waals surface area contributed by atoms with Gasteiger partial charge >= 0.3 is 5.97 Å². The van der Waals surface area contributed by atoms with E-state index in [1.54, 1.807) is 0 Å². The van der Waals surface area contributed by atoms with Gasteiger partial charge in [-0.3, -0.25) is 9.35 Å². The Bertz CT molecular complexity index is 610. The van der Waals surface area contributed by atoms with Gasteiger partial charge in [-0.25, -0.2) is 8.42 Å². The molecule has 0 aromatic carbocycles. The van der Waals surface area contributed by atoms with Gasteiger partial charge in [0.1, 0.15) is 11.4 Å². The summed E-state index contributed by atoms with van der Waals surface area (Å²) in [6.07, 6.45) is 8.69. The third kappa shape index (κ3) is 9.01. The van der Waals surface area contributed by atoms with Crippen LogP contribution in [0.5, 0.6) is 0 Å². The molecule has 0 bridgehead atoms. The smallest absolute Gasteiger partial charge is 0.306 e. The molecule has 1 N–H and O–H groups in total. The molecule has 0 aromatic heterocycles. The fourth-order valence-corrected chi connectivity index (χ4v) is 6.60. The van der Waals surface area contributed by atoms with Gasteiger partial charge in [0.25, 0.3) is 10.1 Å². The topological polar surface area (TPSA) is 115 Å². The summed E-state index contributed by atoms with van der Waals surface area (Å²) >= 11 is 0. The van der Waals surface area contributed by atoms with E-state index < -0.39 is 48.8 Å². The van der Waals surface area contributed by atoms with E-state index >= 15 is 0 Å². The third-order valence-electron chi connectivity index (χ3n) is 4.40. The maximum atomic E-state index is 11.8. The number of unbranched alkanes of at least 4 members (excludes halogenated alkanes) is 8. The predicted octanol–water partition coefficient (Wildman–Crippen LogP) is 2.50. The van der Waals surface area contributed by atoms with E-state index in [1.807, 2.05) is 0 Å². The van der Waals surface area contributed by atoms with Crippen LogP contribution >= 0.6 is 0 Å². The van der Waals surface area contributed by atoms with Gasteiger partial charge in [0, 0.05) is 6.42 Å². The maximum absolute atomic E-state index is 11.8. The van der Waals surface area contributed by atoms with Crippen LogP contribution in [0.1, 0.15) is 71.1 Å². The van der Waals surface area contributed by atoms with Crippen LogP contribution in [-0.4, -0.2) is 50.2 Å². The highest BCUT2D eigenvalue weighted by Crippen LogP contribution is 2.22. The van der Waals surface area contributed by atoms with Gasteiger partial charge in [0.15, 0.2) is 9.84 Å². The largest absolute Gasteiger partial charge is 0.460 e.